The first-order valence-corrected chi connectivity index (χ1v) is 11.2. The Morgan fingerprint density at radius 1 is 0.912 bits per heavy atom. The zero-order valence-corrected chi connectivity index (χ0v) is 19.9. The lowest BCUT2D eigenvalue weighted by molar-refractivity contribution is 0.0972. The molecule has 0 heterocycles. The minimum Gasteiger partial charge on any atom is -0.491 e. The van der Waals surface area contributed by atoms with Crippen molar-refractivity contribution in [1.29, 1.82) is 0 Å². The monoisotopic (exact) mass is 477 g/mol. The largest absolute Gasteiger partial charge is 0.491 e. The number of hydrogen-bond acceptors (Lipinski definition) is 5. The van der Waals surface area contributed by atoms with Gasteiger partial charge >= 0.3 is 0 Å². The Morgan fingerprint density at radius 3 is 2.41 bits per heavy atom. The summed E-state index contributed by atoms with van der Waals surface area (Å²) in [5.74, 6) is 0.0368. The topological polar surface area (TPSA) is 79.9 Å². The summed E-state index contributed by atoms with van der Waals surface area (Å²) in [7, 11) is 1.72. The van der Waals surface area contributed by atoms with Gasteiger partial charge in [-0.1, -0.05) is 30.3 Å². The third-order valence-corrected chi connectivity index (χ3v) is 5.04. The molecule has 3 aromatic carbocycles. The maximum atomic E-state index is 12.9. The second-order valence-corrected chi connectivity index (χ2v) is 7.67. The standard InChI is InChI=1S/C26H27N3O4S/c1-3-32-15-16-33-23-14-8-9-19(18-23)24(30)28-26(34)27-21-11-7-10-20(17-21)25(31)29(2)22-12-5-4-6-13-22/h4-14,17-18H,3,15-16H2,1-2H3,(H2,27,28,30,34). The van der Waals surface area contributed by atoms with Crippen molar-refractivity contribution in [3.63, 3.8) is 0 Å². The third kappa shape index (κ3) is 7.13. The van der Waals surface area contributed by atoms with E-state index in [0.29, 0.717) is 42.4 Å². The molecule has 0 aromatic heterocycles. The molecule has 2 N–H and O–H groups in total. The highest BCUT2D eigenvalue weighted by molar-refractivity contribution is 7.80. The second kappa shape index (κ2) is 12.5. The van der Waals surface area contributed by atoms with Crippen LogP contribution in [0.1, 0.15) is 27.6 Å². The van der Waals surface area contributed by atoms with Gasteiger partial charge < -0.3 is 19.7 Å². The molecule has 0 aliphatic carbocycles. The van der Waals surface area contributed by atoms with Crippen molar-refractivity contribution in [3.8, 4) is 5.75 Å². The molecule has 34 heavy (non-hydrogen) atoms. The highest BCUT2D eigenvalue weighted by Crippen LogP contribution is 2.18. The van der Waals surface area contributed by atoms with E-state index in [1.807, 2.05) is 37.3 Å². The number of nitrogens with zero attached hydrogens (tertiary/aromatic N) is 1. The predicted molar refractivity (Wildman–Crippen MR) is 138 cm³/mol. The number of benzene rings is 3. The van der Waals surface area contributed by atoms with Gasteiger partial charge in [0.05, 0.1) is 6.61 Å². The first-order chi connectivity index (χ1) is 16.5. The summed E-state index contributed by atoms with van der Waals surface area (Å²) in [6.07, 6.45) is 0. The first-order valence-electron chi connectivity index (χ1n) is 10.8. The van der Waals surface area contributed by atoms with Gasteiger partial charge in [0.2, 0.25) is 0 Å². The van der Waals surface area contributed by atoms with E-state index in [0.717, 1.165) is 5.69 Å². The summed E-state index contributed by atoms with van der Waals surface area (Å²) in [4.78, 5) is 27.1. The van der Waals surface area contributed by atoms with E-state index in [1.54, 1.807) is 60.5 Å². The van der Waals surface area contributed by atoms with Crippen LogP contribution >= 0.6 is 12.2 Å². The van der Waals surface area contributed by atoms with Gasteiger partial charge in [-0.25, -0.2) is 0 Å². The van der Waals surface area contributed by atoms with Gasteiger partial charge in [-0.15, -0.1) is 0 Å². The molecule has 0 saturated heterocycles. The summed E-state index contributed by atoms with van der Waals surface area (Å²) >= 11 is 5.30. The molecular formula is C26H27N3O4S. The minimum absolute atomic E-state index is 0.119. The molecule has 7 nitrogen and oxygen atoms in total. The van der Waals surface area contributed by atoms with E-state index in [9.17, 15) is 9.59 Å². The lowest BCUT2D eigenvalue weighted by atomic mass is 10.1. The number of amides is 2. The highest BCUT2D eigenvalue weighted by Gasteiger charge is 2.14. The SMILES string of the molecule is CCOCCOc1cccc(C(=O)NC(=S)Nc2cccc(C(=O)N(C)c3ccccc3)c2)c1. The van der Waals surface area contributed by atoms with Crippen molar-refractivity contribution in [2.75, 3.05) is 37.1 Å². The number of anilines is 2. The molecule has 3 rings (SSSR count). The molecular weight excluding hydrogens is 450 g/mol. The number of nitrogens with one attached hydrogen (secondary N) is 2. The zero-order valence-electron chi connectivity index (χ0n) is 19.1. The molecule has 8 heteroatoms. The molecule has 0 radical (unpaired) electrons. The van der Waals surface area contributed by atoms with Crippen molar-refractivity contribution >= 4 is 40.5 Å². The Labute approximate surface area is 204 Å². The number of rotatable bonds is 9. The molecule has 0 aliphatic rings. The maximum absolute atomic E-state index is 12.9. The summed E-state index contributed by atoms with van der Waals surface area (Å²) in [5, 5.41) is 5.73. The van der Waals surface area contributed by atoms with Crippen molar-refractivity contribution in [2.45, 2.75) is 6.92 Å². The van der Waals surface area contributed by atoms with E-state index in [2.05, 4.69) is 10.6 Å². The zero-order chi connectivity index (χ0) is 24.3. The normalized spacial score (nSPS) is 10.3. The first kappa shape index (κ1) is 24.9. The van der Waals surface area contributed by atoms with Crippen molar-refractivity contribution in [2.24, 2.45) is 0 Å². The quantitative estimate of drug-likeness (QED) is 0.349. The molecule has 0 fully saturated rings. The summed E-state index contributed by atoms with van der Waals surface area (Å²) in [6.45, 7) is 3.41. The summed E-state index contributed by atoms with van der Waals surface area (Å²) in [5.41, 5.74) is 2.28. The highest BCUT2D eigenvalue weighted by atomic mass is 32.1. The Kier molecular flexibility index (Phi) is 9.13. The fourth-order valence-electron chi connectivity index (χ4n) is 3.12. The number of thiocarbonyl (C=S) groups is 1. The molecule has 0 bridgehead atoms. The fourth-order valence-corrected chi connectivity index (χ4v) is 3.33. The van der Waals surface area contributed by atoms with Gasteiger partial charge in [0.1, 0.15) is 12.4 Å². The minimum atomic E-state index is -0.371. The number of ether oxygens (including phenoxy) is 2. The van der Waals surface area contributed by atoms with E-state index in [1.165, 1.54) is 0 Å². The van der Waals surface area contributed by atoms with Crippen LogP contribution in [0.5, 0.6) is 5.75 Å². The average Bonchev–Trinajstić information content (AvgIpc) is 2.86. The van der Waals surface area contributed by atoms with Crippen LogP contribution in [0.25, 0.3) is 0 Å². The van der Waals surface area contributed by atoms with Gasteiger partial charge in [-0.05, 0) is 67.7 Å². The van der Waals surface area contributed by atoms with Crippen LogP contribution in [-0.4, -0.2) is 43.8 Å². The fraction of sp³-hybridized carbons (Fsp3) is 0.192. The average molecular weight is 478 g/mol. The summed E-state index contributed by atoms with van der Waals surface area (Å²) in [6, 6.07) is 23.1. The Hall–Kier alpha value is -3.75. The number of carbonyl (C=O) groups is 2. The van der Waals surface area contributed by atoms with Crippen LogP contribution in [0, 0.1) is 0 Å². The van der Waals surface area contributed by atoms with Gasteiger partial charge in [-0.3, -0.25) is 14.9 Å². The van der Waals surface area contributed by atoms with E-state index < -0.39 is 0 Å². The van der Waals surface area contributed by atoms with Crippen LogP contribution in [0.3, 0.4) is 0 Å². The third-order valence-electron chi connectivity index (χ3n) is 4.84. The number of para-hydroxylation sites is 1. The lowest BCUT2D eigenvalue weighted by Gasteiger charge is -2.18. The molecule has 176 valence electrons. The predicted octanol–water partition coefficient (Wildman–Crippen LogP) is 4.51. The number of hydrogen-bond donors (Lipinski definition) is 2. The molecule has 0 aliphatic heterocycles. The molecule has 3 aromatic rings. The van der Waals surface area contributed by atoms with Crippen molar-refractivity contribution in [1.82, 2.24) is 5.32 Å². The van der Waals surface area contributed by atoms with Crippen molar-refractivity contribution < 1.29 is 19.1 Å². The van der Waals surface area contributed by atoms with Crippen LogP contribution in [-0.2, 0) is 4.74 Å². The smallest absolute Gasteiger partial charge is 0.258 e. The maximum Gasteiger partial charge on any atom is 0.258 e. The van der Waals surface area contributed by atoms with Gasteiger partial charge in [0.15, 0.2) is 5.11 Å². The Morgan fingerprint density at radius 2 is 1.65 bits per heavy atom. The van der Waals surface area contributed by atoms with E-state index in [-0.39, 0.29) is 16.9 Å². The summed E-state index contributed by atoms with van der Waals surface area (Å²) < 4.78 is 10.8. The Balaban J connectivity index is 1.59. The van der Waals surface area contributed by atoms with E-state index in [4.69, 9.17) is 21.7 Å². The van der Waals surface area contributed by atoms with Crippen LogP contribution in [0.4, 0.5) is 11.4 Å². The Bertz CT molecular complexity index is 1140. The van der Waals surface area contributed by atoms with Crippen molar-refractivity contribution in [3.05, 3.63) is 90.0 Å². The van der Waals surface area contributed by atoms with Crippen LogP contribution in [0.15, 0.2) is 78.9 Å². The van der Waals surface area contributed by atoms with Gasteiger partial charge in [0.25, 0.3) is 11.8 Å². The van der Waals surface area contributed by atoms with Gasteiger partial charge in [-0.2, -0.15) is 0 Å². The molecule has 0 atom stereocenters. The lowest BCUT2D eigenvalue weighted by Crippen LogP contribution is -2.34. The number of carbonyl (C=O) groups excluding carboxylic acids is 2. The second-order valence-electron chi connectivity index (χ2n) is 7.26. The van der Waals surface area contributed by atoms with Gasteiger partial charge in [0, 0.05) is 36.2 Å². The van der Waals surface area contributed by atoms with E-state index >= 15 is 0 Å². The molecule has 2 amide bonds. The van der Waals surface area contributed by atoms with Crippen LogP contribution < -0.4 is 20.3 Å². The molecule has 0 unspecified atom stereocenters. The van der Waals surface area contributed by atoms with Crippen LogP contribution in [0.2, 0.25) is 0 Å². The molecule has 0 saturated carbocycles. The molecule has 0 spiro atoms.